The Kier molecular flexibility index (Phi) is 15.5. The number of benzene rings is 4. The lowest BCUT2D eigenvalue weighted by atomic mass is 9.92. The van der Waals surface area contributed by atoms with Gasteiger partial charge in [0, 0.05) is 31.4 Å². The molecule has 0 atom stereocenters. The average molecular weight is 757 g/mol. The van der Waals surface area contributed by atoms with Gasteiger partial charge in [0.1, 0.15) is 0 Å². The number of halogens is 3. The number of hydrogen-bond donors (Lipinski definition) is 2. The highest BCUT2D eigenvalue weighted by Crippen LogP contribution is 2.33. The molecule has 0 spiro atoms. The summed E-state index contributed by atoms with van der Waals surface area (Å²) in [5.41, 5.74) is 14.1. The Bertz CT molecular complexity index is 1500. The fourth-order valence-electron chi connectivity index (χ4n) is 4.67. The molecule has 0 bridgehead atoms. The van der Waals surface area contributed by atoms with E-state index in [0.717, 1.165) is 20.3 Å². The number of carbonyl (C=O) groups excluding carboxylic acids is 2. The van der Waals surface area contributed by atoms with E-state index >= 15 is 0 Å². The van der Waals surface area contributed by atoms with E-state index in [2.05, 4.69) is 129 Å². The standard InChI is InChI=1S/C19H22BrNO.C12H19N.C7H4BrClO/c1-12(2)16-6-5-7-17(13(3)4)18(16)21-19(22)14-8-10-15(20)11-9-14;1-8(2)10-6-5-7-11(9(3)4)12(10)13;8-6-3-1-5(2-4-6)7(9)10/h5-13H,1-4H3,(H,21,22);5-9H,13H2,1-4H3;1-4H. The summed E-state index contributed by atoms with van der Waals surface area (Å²) in [7, 11) is 0. The molecule has 4 nitrogen and oxygen atoms in total. The topological polar surface area (TPSA) is 72.2 Å². The Morgan fingerprint density at radius 2 is 0.911 bits per heavy atom. The van der Waals surface area contributed by atoms with E-state index in [4.69, 9.17) is 17.3 Å². The minimum atomic E-state index is -0.424. The molecule has 0 aliphatic rings. The normalized spacial score (nSPS) is 10.7. The number of nitrogens with one attached hydrogen (secondary N) is 1. The molecule has 4 aromatic rings. The summed E-state index contributed by atoms with van der Waals surface area (Å²) in [6.45, 7) is 17.3. The molecule has 0 fully saturated rings. The fourth-order valence-corrected chi connectivity index (χ4v) is 5.33. The molecule has 240 valence electrons. The molecular weight excluding hydrogens is 712 g/mol. The molecule has 3 N–H and O–H groups in total. The second kappa shape index (κ2) is 18.3. The predicted octanol–water partition coefficient (Wildman–Crippen LogP) is 12.3. The van der Waals surface area contributed by atoms with Crippen LogP contribution in [0.15, 0.2) is 93.9 Å². The summed E-state index contributed by atoms with van der Waals surface area (Å²) < 4.78 is 1.91. The van der Waals surface area contributed by atoms with Crippen LogP contribution in [0.2, 0.25) is 0 Å². The van der Waals surface area contributed by atoms with E-state index in [1.165, 1.54) is 22.3 Å². The number of para-hydroxylation sites is 2. The van der Waals surface area contributed by atoms with E-state index in [1.54, 1.807) is 24.3 Å². The molecule has 4 rings (SSSR count). The van der Waals surface area contributed by atoms with E-state index in [-0.39, 0.29) is 5.91 Å². The van der Waals surface area contributed by atoms with Crippen LogP contribution in [0.4, 0.5) is 11.4 Å². The monoisotopic (exact) mass is 754 g/mol. The third kappa shape index (κ3) is 11.7. The minimum absolute atomic E-state index is 0.0671. The molecule has 0 radical (unpaired) electrons. The van der Waals surface area contributed by atoms with Gasteiger partial charge in [-0.2, -0.15) is 0 Å². The smallest absolute Gasteiger partial charge is 0.255 e. The maximum Gasteiger partial charge on any atom is 0.255 e. The third-order valence-electron chi connectivity index (χ3n) is 7.21. The second-order valence-electron chi connectivity index (χ2n) is 12.0. The van der Waals surface area contributed by atoms with E-state index in [0.29, 0.717) is 34.8 Å². The zero-order valence-corrected chi connectivity index (χ0v) is 31.3. The summed E-state index contributed by atoms with van der Waals surface area (Å²) in [5, 5.41) is 2.70. The average Bonchev–Trinajstić information content (AvgIpc) is 2.98. The molecule has 0 aromatic heterocycles. The maximum absolute atomic E-state index is 12.5. The first-order chi connectivity index (χ1) is 21.1. The van der Waals surface area contributed by atoms with E-state index < -0.39 is 5.24 Å². The van der Waals surface area contributed by atoms with Crippen LogP contribution < -0.4 is 11.1 Å². The largest absolute Gasteiger partial charge is 0.398 e. The SMILES string of the molecule is CC(C)c1cccc(C(C)C)c1N.CC(C)c1cccc(C(C)C)c1NC(=O)c1ccc(Br)cc1.O=C(Cl)c1ccc(Br)cc1. The van der Waals surface area contributed by atoms with Gasteiger partial charge in [0.15, 0.2) is 0 Å². The highest BCUT2D eigenvalue weighted by molar-refractivity contribution is 9.10. The number of anilines is 2. The number of nitrogens with two attached hydrogens (primary N) is 1. The van der Waals surface area contributed by atoms with Gasteiger partial charge >= 0.3 is 0 Å². The first-order valence-electron chi connectivity index (χ1n) is 15.2. The van der Waals surface area contributed by atoms with Gasteiger partial charge < -0.3 is 11.1 Å². The zero-order valence-electron chi connectivity index (χ0n) is 27.4. The lowest BCUT2D eigenvalue weighted by Crippen LogP contribution is -2.15. The van der Waals surface area contributed by atoms with Crippen molar-refractivity contribution < 1.29 is 9.59 Å². The van der Waals surface area contributed by atoms with Crippen molar-refractivity contribution in [2.75, 3.05) is 11.1 Å². The summed E-state index contributed by atoms with van der Waals surface area (Å²) in [4.78, 5) is 23.1. The van der Waals surface area contributed by atoms with Crippen molar-refractivity contribution in [3.8, 4) is 0 Å². The van der Waals surface area contributed by atoms with Crippen molar-refractivity contribution in [1.82, 2.24) is 0 Å². The van der Waals surface area contributed by atoms with Crippen LogP contribution in [0.25, 0.3) is 0 Å². The second-order valence-corrected chi connectivity index (χ2v) is 14.2. The van der Waals surface area contributed by atoms with Crippen LogP contribution in [-0.4, -0.2) is 11.1 Å². The molecule has 4 aromatic carbocycles. The molecular formula is C38H45Br2ClN2O2. The van der Waals surface area contributed by atoms with Gasteiger partial charge in [-0.1, -0.05) is 124 Å². The van der Waals surface area contributed by atoms with Crippen LogP contribution in [-0.2, 0) is 0 Å². The van der Waals surface area contributed by atoms with E-state index in [1.807, 2.05) is 24.3 Å². The fraction of sp³-hybridized carbons (Fsp3) is 0.316. The lowest BCUT2D eigenvalue weighted by molar-refractivity contribution is 0.102. The predicted molar refractivity (Wildman–Crippen MR) is 200 cm³/mol. The minimum Gasteiger partial charge on any atom is -0.398 e. The molecule has 0 aliphatic carbocycles. The summed E-state index contributed by atoms with van der Waals surface area (Å²) >= 11 is 11.8. The molecule has 7 heteroatoms. The Morgan fingerprint density at radius 1 is 0.578 bits per heavy atom. The van der Waals surface area contributed by atoms with Crippen molar-refractivity contribution in [3.63, 3.8) is 0 Å². The van der Waals surface area contributed by atoms with Gasteiger partial charge in [-0.15, -0.1) is 0 Å². The van der Waals surface area contributed by atoms with Gasteiger partial charge in [-0.05, 0) is 106 Å². The van der Waals surface area contributed by atoms with Crippen molar-refractivity contribution in [2.45, 2.75) is 79.1 Å². The van der Waals surface area contributed by atoms with Crippen LogP contribution in [0.5, 0.6) is 0 Å². The number of hydrogen-bond acceptors (Lipinski definition) is 3. The Morgan fingerprint density at radius 3 is 1.24 bits per heavy atom. The van der Waals surface area contributed by atoms with Gasteiger partial charge in [0.05, 0.1) is 0 Å². The third-order valence-corrected chi connectivity index (χ3v) is 8.48. The zero-order chi connectivity index (χ0) is 33.8. The molecule has 45 heavy (non-hydrogen) atoms. The van der Waals surface area contributed by atoms with Crippen LogP contribution in [0, 0.1) is 0 Å². The first-order valence-corrected chi connectivity index (χ1v) is 17.1. The van der Waals surface area contributed by atoms with Crippen molar-refractivity contribution >= 4 is 66.0 Å². The Hall–Kier alpha value is -2.93. The van der Waals surface area contributed by atoms with Crippen LogP contribution in [0.1, 0.15) is 122 Å². The molecule has 0 saturated carbocycles. The lowest BCUT2D eigenvalue weighted by Gasteiger charge is -2.20. The van der Waals surface area contributed by atoms with Gasteiger partial charge in [0.2, 0.25) is 0 Å². The number of carbonyl (C=O) groups is 2. The van der Waals surface area contributed by atoms with Crippen molar-refractivity contribution in [3.05, 3.63) is 127 Å². The molecule has 1 amide bonds. The van der Waals surface area contributed by atoms with Gasteiger partial charge in [-0.3, -0.25) is 9.59 Å². The number of nitrogen functional groups attached to an aromatic ring is 1. The molecule has 0 aliphatic heterocycles. The molecule has 0 saturated heterocycles. The Balaban J connectivity index is 0.000000259. The first kappa shape index (κ1) is 38.3. The quantitative estimate of drug-likeness (QED) is 0.146. The summed E-state index contributed by atoms with van der Waals surface area (Å²) in [6.07, 6.45) is 0. The van der Waals surface area contributed by atoms with Crippen molar-refractivity contribution in [1.29, 1.82) is 0 Å². The molecule has 0 heterocycles. The van der Waals surface area contributed by atoms with E-state index in [9.17, 15) is 9.59 Å². The Labute approximate surface area is 291 Å². The maximum atomic E-state index is 12.5. The van der Waals surface area contributed by atoms with Crippen LogP contribution in [0.3, 0.4) is 0 Å². The number of rotatable bonds is 7. The highest BCUT2D eigenvalue weighted by Gasteiger charge is 2.17. The van der Waals surface area contributed by atoms with Gasteiger partial charge in [-0.25, -0.2) is 0 Å². The van der Waals surface area contributed by atoms with Crippen molar-refractivity contribution in [2.24, 2.45) is 0 Å². The van der Waals surface area contributed by atoms with Gasteiger partial charge in [0.25, 0.3) is 11.1 Å². The summed E-state index contributed by atoms with van der Waals surface area (Å²) in [6, 6.07) is 26.9. The highest BCUT2D eigenvalue weighted by atomic mass is 79.9. The summed E-state index contributed by atoms with van der Waals surface area (Å²) in [5.74, 6) is 1.68. The number of amides is 1. The molecule has 0 unspecified atom stereocenters. The van der Waals surface area contributed by atoms with Crippen LogP contribution >= 0.6 is 43.5 Å².